The number of hydrogen-bond acceptors (Lipinski definition) is 4. The van der Waals surface area contributed by atoms with Crippen LogP contribution >= 0.6 is 0 Å². The number of nitrogens with one attached hydrogen (secondary N) is 1. The van der Waals surface area contributed by atoms with E-state index in [1.54, 1.807) is 21.3 Å². The second kappa shape index (κ2) is 8.78. The zero-order valence-electron chi connectivity index (χ0n) is 14.2. The van der Waals surface area contributed by atoms with Crippen LogP contribution in [-0.2, 0) is 0 Å². The minimum Gasteiger partial charge on any atom is -0.493 e. The van der Waals surface area contributed by atoms with Gasteiger partial charge in [0.15, 0.2) is 11.5 Å². The Morgan fingerprint density at radius 1 is 0.905 bits per heavy atom. The number of ether oxygens (including phenoxy) is 3. The van der Waals surface area contributed by atoms with E-state index in [4.69, 9.17) is 14.2 Å². The highest BCUT2D eigenvalue weighted by atomic mass is 16.5. The van der Waals surface area contributed by atoms with Crippen LogP contribution in [0.15, 0.2) is 12.1 Å². The van der Waals surface area contributed by atoms with Crippen LogP contribution < -0.4 is 19.5 Å². The van der Waals surface area contributed by atoms with E-state index >= 15 is 0 Å². The summed E-state index contributed by atoms with van der Waals surface area (Å²) in [6.45, 7) is 7.53. The minimum atomic E-state index is 0.290. The first-order chi connectivity index (χ1) is 10.2. The van der Waals surface area contributed by atoms with E-state index in [1.807, 2.05) is 12.1 Å². The lowest BCUT2D eigenvalue weighted by Gasteiger charge is -2.27. The Morgan fingerprint density at radius 3 is 1.76 bits per heavy atom. The highest BCUT2D eigenvalue weighted by molar-refractivity contribution is 5.54. The van der Waals surface area contributed by atoms with Gasteiger partial charge in [0.2, 0.25) is 5.75 Å². The van der Waals surface area contributed by atoms with Gasteiger partial charge >= 0.3 is 0 Å². The molecule has 0 aromatic heterocycles. The van der Waals surface area contributed by atoms with Crippen LogP contribution in [0.4, 0.5) is 0 Å². The standard InChI is InChI=1S/C17H29NO3/c1-7-12(8-2)16(18-9-3)13-10-14(19-4)17(21-6)15(11-13)20-5/h10-12,16,18H,7-9H2,1-6H3. The molecule has 0 saturated carbocycles. The summed E-state index contributed by atoms with van der Waals surface area (Å²) in [4.78, 5) is 0. The van der Waals surface area contributed by atoms with Gasteiger partial charge < -0.3 is 19.5 Å². The van der Waals surface area contributed by atoms with Gasteiger partial charge in [-0.05, 0) is 30.2 Å². The maximum atomic E-state index is 5.46. The molecule has 1 aromatic carbocycles. The topological polar surface area (TPSA) is 39.7 Å². The molecule has 1 unspecified atom stereocenters. The molecule has 1 rings (SSSR count). The molecule has 0 saturated heterocycles. The third-order valence-electron chi connectivity index (χ3n) is 3.99. The quantitative estimate of drug-likeness (QED) is 0.752. The molecule has 0 amide bonds. The molecule has 1 N–H and O–H groups in total. The molecule has 0 radical (unpaired) electrons. The van der Waals surface area contributed by atoms with Crippen molar-refractivity contribution in [1.29, 1.82) is 0 Å². The lowest BCUT2D eigenvalue weighted by atomic mass is 9.88. The van der Waals surface area contributed by atoms with E-state index in [9.17, 15) is 0 Å². The predicted octanol–water partition coefficient (Wildman–Crippen LogP) is 3.80. The molecular formula is C17H29NO3. The first kappa shape index (κ1) is 17.6. The van der Waals surface area contributed by atoms with Crippen LogP contribution in [0.3, 0.4) is 0 Å². The number of hydrogen-bond donors (Lipinski definition) is 1. The zero-order valence-corrected chi connectivity index (χ0v) is 14.2. The summed E-state index contributed by atoms with van der Waals surface area (Å²) < 4.78 is 16.3. The average Bonchev–Trinajstić information content (AvgIpc) is 2.53. The summed E-state index contributed by atoms with van der Waals surface area (Å²) in [6.07, 6.45) is 2.26. The van der Waals surface area contributed by atoms with Crippen LogP contribution in [-0.4, -0.2) is 27.9 Å². The highest BCUT2D eigenvalue weighted by Gasteiger charge is 2.23. The molecule has 1 aromatic rings. The Bertz CT molecular complexity index is 405. The number of methoxy groups -OCH3 is 3. The molecule has 120 valence electrons. The lowest BCUT2D eigenvalue weighted by molar-refractivity contribution is 0.316. The first-order valence-corrected chi connectivity index (χ1v) is 7.69. The fraction of sp³-hybridized carbons (Fsp3) is 0.647. The molecule has 0 aliphatic heterocycles. The van der Waals surface area contributed by atoms with Gasteiger partial charge in [-0.25, -0.2) is 0 Å². The van der Waals surface area contributed by atoms with E-state index in [2.05, 4.69) is 26.1 Å². The van der Waals surface area contributed by atoms with Crippen molar-refractivity contribution in [1.82, 2.24) is 5.32 Å². The second-order valence-corrected chi connectivity index (χ2v) is 5.07. The largest absolute Gasteiger partial charge is 0.493 e. The van der Waals surface area contributed by atoms with E-state index in [0.29, 0.717) is 29.2 Å². The van der Waals surface area contributed by atoms with E-state index in [1.165, 1.54) is 5.56 Å². The van der Waals surface area contributed by atoms with Gasteiger partial charge in [0.1, 0.15) is 0 Å². The number of rotatable bonds is 9. The van der Waals surface area contributed by atoms with Crippen molar-refractivity contribution in [3.05, 3.63) is 17.7 Å². The van der Waals surface area contributed by atoms with Crippen LogP contribution in [0.2, 0.25) is 0 Å². The molecule has 4 heteroatoms. The van der Waals surface area contributed by atoms with E-state index in [-0.39, 0.29) is 0 Å². The van der Waals surface area contributed by atoms with Gasteiger partial charge in [0.25, 0.3) is 0 Å². The molecule has 0 heterocycles. The molecule has 0 bridgehead atoms. The highest BCUT2D eigenvalue weighted by Crippen LogP contribution is 2.41. The Hall–Kier alpha value is -1.42. The second-order valence-electron chi connectivity index (χ2n) is 5.07. The van der Waals surface area contributed by atoms with E-state index in [0.717, 1.165) is 19.4 Å². The molecule has 0 aliphatic carbocycles. The van der Waals surface area contributed by atoms with Crippen molar-refractivity contribution in [2.75, 3.05) is 27.9 Å². The maximum Gasteiger partial charge on any atom is 0.203 e. The van der Waals surface area contributed by atoms with Gasteiger partial charge in [-0.1, -0.05) is 33.6 Å². The maximum absolute atomic E-state index is 5.46. The fourth-order valence-electron chi connectivity index (χ4n) is 2.82. The molecule has 1 atom stereocenters. The number of benzene rings is 1. The molecule has 0 fully saturated rings. The van der Waals surface area contributed by atoms with Crippen molar-refractivity contribution < 1.29 is 14.2 Å². The summed E-state index contributed by atoms with van der Waals surface area (Å²) in [5.41, 5.74) is 1.18. The Kier molecular flexibility index (Phi) is 7.37. The summed E-state index contributed by atoms with van der Waals surface area (Å²) in [5.74, 6) is 2.64. The van der Waals surface area contributed by atoms with Crippen LogP contribution in [0.1, 0.15) is 45.2 Å². The summed E-state index contributed by atoms with van der Waals surface area (Å²) >= 11 is 0. The van der Waals surface area contributed by atoms with Crippen molar-refractivity contribution in [2.45, 2.75) is 39.7 Å². The molecule has 4 nitrogen and oxygen atoms in total. The third kappa shape index (κ3) is 4.03. The summed E-state index contributed by atoms with van der Waals surface area (Å²) in [6, 6.07) is 4.39. The van der Waals surface area contributed by atoms with Crippen molar-refractivity contribution in [3.8, 4) is 17.2 Å². The Morgan fingerprint density at radius 2 is 1.43 bits per heavy atom. The first-order valence-electron chi connectivity index (χ1n) is 7.69. The smallest absolute Gasteiger partial charge is 0.203 e. The SMILES string of the molecule is CCNC(c1cc(OC)c(OC)c(OC)c1)C(CC)CC. The van der Waals surface area contributed by atoms with Crippen LogP contribution in [0.25, 0.3) is 0 Å². The minimum absolute atomic E-state index is 0.290. The summed E-state index contributed by atoms with van der Waals surface area (Å²) in [5, 5.41) is 3.59. The van der Waals surface area contributed by atoms with Gasteiger partial charge in [-0.15, -0.1) is 0 Å². The van der Waals surface area contributed by atoms with Crippen LogP contribution in [0, 0.1) is 5.92 Å². The molecular weight excluding hydrogens is 266 g/mol. The summed E-state index contributed by atoms with van der Waals surface area (Å²) in [7, 11) is 4.93. The Labute approximate surface area is 128 Å². The van der Waals surface area contributed by atoms with Gasteiger partial charge in [0, 0.05) is 6.04 Å². The van der Waals surface area contributed by atoms with Crippen LogP contribution in [0.5, 0.6) is 17.2 Å². The normalized spacial score (nSPS) is 12.3. The van der Waals surface area contributed by atoms with Crippen molar-refractivity contribution in [2.24, 2.45) is 5.92 Å². The van der Waals surface area contributed by atoms with E-state index < -0.39 is 0 Å². The third-order valence-corrected chi connectivity index (χ3v) is 3.99. The predicted molar refractivity (Wildman–Crippen MR) is 86.6 cm³/mol. The molecule has 0 spiro atoms. The zero-order chi connectivity index (χ0) is 15.8. The fourth-order valence-corrected chi connectivity index (χ4v) is 2.82. The van der Waals surface area contributed by atoms with Crippen molar-refractivity contribution >= 4 is 0 Å². The van der Waals surface area contributed by atoms with Gasteiger partial charge in [-0.3, -0.25) is 0 Å². The lowest BCUT2D eigenvalue weighted by Crippen LogP contribution is -2.27. The molecule has 21 heavy (non-hydrogen) atoms. The monoisotopic (exact) mass is 295 g/mol. The van der Waals surface area contributed by atoms with Gasteiger partial charge in [0.05, 0.1) is 21.3 Å². The Balaban J connectivity index is 3.30. The molecule has 0 aliphatic rings. The van der Waals surface area contributed by atoms with Gasteiger partial charge in [-0.2, -0.15) is 0 Å². The van der Waals surface area contributed by atoms with Crippen molar-refractivity contribution in [3.63, 3.8) is 0 Å². The average molecular weight is 295 g/mol.